The summed E-state index contributed by atoms with van der Waals surface area (Å²) in [6, 6.07) is 5.62. The molecule has 0 saturated carbocycles. The first-order valence-electron chi connectivity index (χ1n) is 9.26. The van der Waals surface area contributed by atoms with Gasteiger partial charge in [0.1, 0.15) is 5.60 Å². The van der Waals surface area contributed by atoms with Crippen LogP contribution < -0.4 is 11.1 Å². The summed E-state index contributed by atoms with van der Waals surface area (Å²) in [4.78, 5) is 31.1. The van der Waals surface area contributed by atoms with Gasteiger partial charge in [0.05, 0.1) is 29.0 Å². The minimum absolute atomic E-state index is 0.168. The molecule has 7 nitrogen and oxygen atoms in total. The van der Waals surface area contributed by atoms with Crippen LogP contribution in [0.25, 0.3) is 10.9 Å². The second kappa shape index (κ2) is 7.95. The highest BCUT2D eigenvalue weighted by Crippen LogP contribution is 2.30. The van der Waals surface area contributed by atoms with Crippen molar-refractivity contribution in [3.63, 3.8) is 0 Å². The molecule has 0 radical (unpaired) electrons. The van der Waals surface area contributed by atoms with E-state index < -0.39 is 5.60 Å². The first-order chi connectivity index (χ1) is 13.1. The fraction of sp³-hybridized carbons (Fsp3) is 0.450. The molecule has 1 aromatic heterocycles. The monoisotopic (exact) mass is 448 g/mol. The van der Waals surface area contributed by atoms with Gasteiger partial charge in [-0.05, 0) is 51.8 Å². The molecule has 2 amide bonds. The summed E-state index contributed by atoms with van der Waals surface area (Å²) >= 11 is 3.41. The quantitative estimate of drug-likeness (QED) is 0.718. The number of nitrogens with two attached hydrogens (primary N) is 1. The van der Waals surface area contributed by atoms with E-state index in [4.69, 9.17) is 10.5 Å². The molecule has 3 N–H and O–H groups in total. The van der Waals surface area contributed by atoms with Gasteiger partial charge in [-0.15, -0.1) is 0 Å². The lowest BCUT2D eigenvalue weighted by Gasteiger charge is -2.33. The number of nitrogens with zero attached hydrogens (tertiary/aromatic N) is 2. The van der Waals surface area contributed by atoms with E-state index in [1.807, 2.05) is 39.0 Å². The van der Waals surface area contributed by atoms with E-state index in [0.717, 1.165) is 21.8 Å². The third-order valence-electron chi connectivity index (χ3n) is 4.57. The molecule has 0 bridgehead atoms. The van der Waals surface area contributed by atoms with Crippen molar-refractivity contribution in [3.05, 3.63) is 28.9 Å². The van der Waals surface area contributed by atoms with Gasteiger partial charge in [0, 0.05) is 22.9 Å². The molecule has 1 aliphatic heterocycles. The van der Waals surface area contributed by atoms with Crippen molar-refractivity contribution < 1.29 is 14.3 Å². The summed E-state index contributed by atoms with van der Waals surface area (Å²) in [6.07, 6.45) is 2.63. The number of benzene rings is 1. The minimum atomic E-state index is -0.563. The number of rotatable bonds is 2. The van der Waals surface area contributed by atoms with Crippen molar-refractivity contribution in [2.75, 3.05) is 24.1 Å². The number of ether oxygens (including phenoxy) is 1. The Balaban J connectivity index is 1.70. The van der Waals surface area contributed by atoms with E-state index in [2.05, 4.69) is 26.2 Å². The molecule has 2 aromatic rings. The topological polar surface area (TPSA) is 97.5 Å². The summed E-state index contributed by atoms with van der Waals surface area (Å²) in [6.45, 7) is 6.40. The lowest BCUT2D eigenvalue weighted by atomic mass is 9.97. The van der Waals surface area contributed by atoms with Crippen molar-refractivity contribution in [1.29, 1.82) is 0 Å². The highest BCUT2D eigenvalue weighted by atomic mass is 79.9. The third kappa shape index (κ3) is 4.73. The van der Waals surface area contributed by atoms with Crippen LogP contribution in [0, 0.1) is 5.92 Å². The van der Waals surface area contributed by atoms with Gasteiger partial charge in [-0.3, -0.25) is 9.78 Å². The Hall–Kier alpha value is -2.35. The number of fused-ring (bicyclic) bond motifs is 1. The number of likely N-dealkylation sites (tertiary alicyclic amines) is 1. The number of aromatic nitrogens is 1. The number of piperidine rings is 1. The Morgan fingerprint density at radius 2 is 2.11 bits per heavy atom. The van der Waals surface area contributed by atoms with Gasteiger partial charge in [-0.25, -0.2) is 4.79 Å². The number of carbonyl (C=O) groups excluding carboxylic acids is 2. The molecule has 0 aliphatic carbocycles. The first kappa shape index (κ1) is 20.4. The molecule has 0 unspecified atom stereocenters. The van der Waals surface area contributed by atoms with Crippen molar-refractivity contribution in [2.24, 2.45) is 5.92 Å². The molecule has 1 aromatic carbocycles. The Bertz CT molecular complexity index is 910. The number of nitrogens with one attached hydrogen (secondary N) is 1. The number of halogens is 1. The molecule has 150 valence electrons. The lowest BCUT2D eigenvalue weighted by Crippen LogP contribution is -2.45. The minimum Gasteiger partial charge on any atom is -0.444 e. The molecule has 28 heavy (non-hydrogen) atoms. The normalized spacial score (nSPS) is 17.4. The van der Waals surface area contributed by atoms with E-state index in [0.29, 0.717) is 30.9 Å². The van der Waals surface area contributed by atoms with Crippen molar-refractivity contribution in [2.45, 2.75) is 39.2 Å². The Morgan fingerprint density at radius 1 is 1.36 bits per heavy atom. The highest BCUT2D eigenvalue weighted by molar-refractivity contribution is 9.10. The van der Waals surface area contributed by atoms with Crippen LogP contribution >= 0.6 is 15.9 Å². The number of hydrogen-bond acceptors (Lipinski definition) is 5. The third-order valence-corrected chi connectivity index (χ3v) is 5.07. The molecular formula is C20H25BrN4O3. The largest absolute Gasteiger partial charge is 0.444 e. The van der Waals surface area contributed by atoms with Crippen LogP contribution in [0.2, 0.25) is 0 Å². The first-order valence-corrected chi connectivity index (χ1v) is 10.1. The van der Waals surface area contributed by atoms with E-state index >= 15 is 0 Å². The highest BCUT2D eigenvalue weighted by Gasteiger charge is 2.31. The number of carbonyl (C=O) groups is 2. The molecule has 3 rings (SSSR count). The fourth-order valence-electron chi connectivity index (χ4n) is 3.21. The zero-order valence-electron chi connectivity index (χ0n) is 16.3. The molecule has 1 atom stereocenters. The molecule has 8 heteroatoms. The lowest BCUT2D eigenvalue weighted by molar-refractivity contribution is -0.121. The van der Waals surface area contributed by atoms with Crippen LogP contribution in [0.5, 0.6) is 0 Å². The maximum atomic E-state index is 12.8. The standard InChI is InChI=1S/C20H25BrN4O3/c1-20(2,3)28-19(27)25-8-4-5-12(11-25)18(26)24-16-10-23-15-9-13(21)6-7-14(15)17(16)22/h6-7,9-10,12H,4-5,8,11H2,1-3H3,(H2,22,23)(H,24,26)/t12-/m1/s1. The van der Waals surface area contributed by atoms with Crippen molar-refractivity contribution >= 4 is 50.2 Å². The number of hydrogen-bond donors (Lipinski definition) is 2. The van der Waals surface area contributed by atoms with Gasteiger partial charge in [0.2, 0.25) is 5.91 Å². The van der Waals surface area contributed by atoms with Gasteiger partial charge >= 0.3 is 6.09 Å². The number of amides is 2. The van der Waals surface area contributed by atoms with E-state index in [-0.39, 0.29) is 17.9 Å². The summed E-state index contributed by atoms with van der Waals surface area (Å²) in [5, 5.41) is 3.66. The summed E-state index contributed by atoms with van der Waals surface area (Å²) in [5.74, 6) is -0.487. The summed E-state index contributed by atoms with van der Waals surface area (Å²) < 4.78 is 6.33. The predicted molar refractivity (Wildman–Crippen MR) is 113 cm³/mol. The number of anilines is 2. The molecule has 1 saturated heterocycles. The predicted octanol–water partition coefficient (Wildman–Crippen LogP) is 4.17. The van der Waals surface area contributed by atoms with Gasteiger partial charge in [0.25, 0.3) is 0 Å². The smallest absolute Gasteiger partial charge is 0.410 e. The van der Waals surface area contributed by atoms with E-state index in [1.165, 1.54) is 0 Å². The summed E-state index contributed by atoms with van der Waals surface area (Å²) in [5.41, 5.74) is 7.38. The second-order valence-electron chi connectivity index (χ2n) is 8.00. The van der Waals surface area contributed by atoms with Crippen LogP contribution in [0.1, 0.15) is 33.6 Å². The van der Waals surface area contributed by atoms with Gasteiger partial charge in [0.15, 0.2) is 0 Å². The SMILES string of the molecule is CC(C)(C)OC(=O)N1CCC[C@@H](C(=O)Nc2cnc3cc(Br)ccc3c2N)C1. The van der Waals surface area contributed by atoms with E-state index in [1.54, 1.807) is 11.1 Å². The van der Waals surface area contributed by atoms with Crippen molar-refractivity contribution in [3.8, 4) is 0 Å². The molecule has 0 spiro atoms. The Labute approximate surface area is 172 Å². The van der Waals surface area contributed by atoms with Crippen LogP contribution in [-0.2, 0) is 9.53 Å². The zero-order chi connectivity index (χ0) is 20.5. The number of pyridine rings is 1. The zero-order valence-corrected chi connectivity index (χ0v) is 17.9. The number of nitrogen functional groups attached to an aromatic ring is 1. The molecule has 2 heterocycles. The van der Waals surface area contributed by atoms with Crippen molar-refractivity contribution in [1.82, 2.24) is 9.88 Å². The average molecular weight is 449 g/mol. The van der Waals surface area contributed by atoms with Gasteiger partial charge in [-0.2, -0.15) is 0 Å². The van der Waals surface area contributed by atoms with Gasteiger partial charge < -0.3 is 20.7 Å². The molecular weight excluding hydrogens is 424 g/mol. The summed E-state index contributed by atoms with van der Waals surface area (Å²) in [7, 11) is 0. The maximum Gasteiger partial charge on any atom is 0.410 e. The maximum absolute atomic E-state index is 12.8. The average Bonchev–Trinajstić information content (AvgIpc) is 2.62. The van der Waals surface area contributed by atoms with Gasteiger partial charge in [-0.1, -0.05) is 15.9 Å². The van der Waals surface area contributed by atoms with E-state index in [9.17, 15) is 9.59 Å². The Morgan fingerprint density at radius 3 is 2.82 bits per heavy atom. The molecule has 1 aliphatic rings. The van der Waals surface area contributed by atoms with Crippen LogP contribution in [-0.4, -0.2) is 40.6 Å². The van der Waals surface area contributed by atoms with Crippen LogP contribution in [0.15, 0.2) is 28.9 Å². The van der Waals surface area contributed by atoms with Crippen LogP contribution in [0.4, 0.5) is 16.2 Å². The fourth-order valence-corrected chi connectivity index (χ4v) is 3.55. The molecule has 1 fully saturated rings. The Kier molecular flexibility index (Phi) is 5.79. The van der Waals surface area contributed by atoms with Crippen LogP contribution in [0.3, 0.4) is 0 Å². The second-order valence-corrected chi connectivity index (χ2v) is 8.92.